The summed E-state index contributed by atoms with van der Waals surface area (Å²) < 4.78 is 6.33. The number of benzene rings is 3. The third-order valence-corrected chi connectivity index (χ3v) is 7.00. The Morgan fingerprint density at radius 1 is 1.00 bits per heavy atom. The van der Waals surface area contributed by atoms with Gasteiger partial charge in [0.25, 0.3) is 5.91 Å². The molecule has 1 aromatic heterocycles. The second-order valence-corrected chi connectivity index (χ2v) is 8.97. The summed E-state index contributed by atoms with van der Waals surface area (Å²) in [5.41, 5.74) is 1.80. The van der Waals surface area contributed by atoms with Crippen LogP contribution in [-0.4, -0.2) is 18.9 Å². The van der Waals surface area contributed by atoms with E-state index in [4.69, 9.17) is 32.9 Å². The number of hydrogen-bond donors (Lipinski definition) is 0. The van der Waals surface area contributed by atoms with E-state index in [1.165, 1.54) is 11.3 Å². The molecule has 0 N–H and O–H groups in total. The molecule has 0 unspecified atom stereocenters. The number of anilines is 1. The van der Waals surface area contributed by atoms with E-state index in [-0.39, 0.29) is 5.91 Å². The third-order valence-electron chi connectivity index (χ3n) is 5.08. The number of carbonyl (C=O) groups is 1. The van der Waals surface area contributed by atoms with Gasteiger partial charge in [0, 0.05) is 15.1 Å². The number of hydrogen-bond acceptors (Lipinski definition) is 4. The van der Waals surface area contributed by atoms with Gasteiger partial charge in [-0.25, -0.2) is 4.99 Å². The minimum atomic E-state index is -0.237. The highest BCUT2D eigenvalue weighted by Crippen LogP contribution is 2.39. The topological polar surface area (TPSA) is 41.9 Å². The first-order valence-electron chi connectivity index (χ1n) is 9.77. The summed E-state index contributed by atoms with van der Waals surface area (Å²) in [5.74, 6) is 0.965. The van der Waals surface area contributed by atoms with Gasteiger partial charge in [-0.15, -0.1) is 11.3 Å². The summed E-state index contributed by atoms with van der Waals surface area (Å²) in [5, 5.41) is 2.11. The Morgan fingerprint density at radius 2 is 1.78 bits per heavy atom. The molecule has 0 saturated heterocycles. The Hall–Kier alpha value is -3.12. The van der Waals surface area contributed by atoms with Crippen molar-refractivity contribution in [2.24, 2.45) is 4.99 Å². The fourth-order valence-corrected chi connectivity index (χ4v) is 5.17. The van der Waals surface area contributed by atoms with Crippen LogP contribution in [0.1, 0.15) is 10.4 Å². The molecule has 4 aromatic rings. The fraction of sp³-hybridized carbons (Fsp3) is 0.0400. The Kier molecular flexibility index (Phi) is 5.47. The van der Waals surface area contributed by atoms with Gasteiger partial charge < -0.3 is 4.74 Å². The van der Waals surface area contributed by atoms with Crippen LogP contribution in [0.3, 0.4) is 0 Å². The normalized spacial score (nSPS) is 15.0. The van der Waals surface area contributed by atoms with Crippen molar-refractivity contribution in [3.8, 4) is 5.75 Å². The average Bonchev–Trinajstić information content (AvgIpc) is 3.31. The largest absolute Gasteiger partial charge is 0.497 e. The fourth-order valence-electron chi connectivity index (χ4n) is 3.55. The predicted molar refractivity (Wildman–Crippen MR) is 133 cm³/mol. The number of methoxy groups -OCH3 is 1. The van der Waals surface area contributed by atoms with Crippen LogP contribution in [0.5, 0.6) is 5.75 Å². The van der Waals surface area contributed by atoms with Gasteiger partial charge in [-0.3, -0.25) is 9.69 Å². The van der Waals surface area contributed by atoms with Crippen molar-refractivity contribution >= 4 is 68.1 Å². The molecular formula is C25H16Cl2N2O2S. The molecule has 0 bridgehead atoms. The Balaban J connectivity index is 1.67. The molecule has 0 aliphatic carbocycles. The van der Waals surface area contributed by atoms with E-state index in [9.17, 15) is 4.79 Å². The Morgan fingerprint density at radius 3 is 2.53 bits per heavy atom. The van der Waals surface area contributed by atoms with Crippen molar-refractivity contribution in [2.45, 2.75) is 0 Å². The van der Waals surface area contributed by atoms with Crippen LogP contribution in [0.25, 0.3) is 16.2 Å². The zero-order chi connectivity index (χ0) is 22.2. The first kappa shape index (κ1) is 20.8. The van der Waals surface area contributed by atoms with E-state index >= 15 is 0 Å². The van der Waals surface area contributed by atoms with Crippen LogP contribution < -0.4 is 9.64 Å². The summed E-state index contributed by atoms with van der Waals surface area (Å²) in [7, 11) is 1.61. The monoisotopic (exact) mass is 478 g/mol. The molecule has 3 aromatic carbocycles. The molecule has 32 heavy (non-hydrogen) atoms. The first-order valence-corrected chi connectivity index (χ1v) is 11.3. The molecule has 0 fully saturated rings. The van der Waals surface area contributed by atoms with E-state index in [2.05, 4.69) is 0 Å². The lowest BCUT2D eigenvalue weighted by molar-refractivity contribution is -0.113. The zero-order valence-electron chi connectivity index (χ0n) is 16.9. The van der Waals surface area contributed by atoms with E-state index in [1.807, 2.05) is 48.5 Å². The number of thiophene rings is 1. The molecule has 5 rings (SSSR count). The van der Waals surface area contributed by atoms with Gasteiger partial charge in [0.1, 0.15) is 11.4 Å². The van der Waals surface area contributed by atoms with Crippen molar-refractivity contribution in [3.05, 3.63) is 99.0 Å². The van der Waals surface area contributed by atoms with E-state index in [0.29, 0.717) is 33.0 Å². The zero-order valence-corrected chi connectivity index (χ0v) is 19.2. The highest BCUT2D eigenvalue weighted by atomic mass is 35.5. The molecule has 0 spiro atoms. The van der Waals surface area contributed by atoms with Crippen LogP contribution in [0, 0.1) is 0 Å². The smallest absolute Gasteiger partial charge is 0.282 e. The number of amides is 1. The van der Waals surface area contributed by atoms with Gasteiger partial charge in [0.15, 0.2) is 5.84 Å². The van der Waals surface area contributed by atoms with Crippen molar-refractivity contribution in [1.29, 1.82) is 0 Å². The lowest BCUT2D eigenvalue weighted by Gasteiger charge is -2.18. The molecule has 1 aliphatic rings. The van der Waals surface area contributed by atoms with Gasteiger partial charge in [0.05, 0.1) is 22.7 Å². The van der Waals surface area contributed by atoms with Crippen molar-refractivity contribution < 1.29 is 9.53 Å². The maximum atomic E-state index is 13.5. The number of carbonyl (C=O) groups excluding carboxylic acids is 1. The quantitative estimate of drug-likeness (QED) is 0.294. The van der Waals surface area contributed by atoms with Gasteiger partial charge in [-0.1, -0.05) is 53.5 Å². The number of amidine groups is 1. The minimum Gasteiger partial charge on any atom is -0.497 e. The van der Waals surface area contributed by atoms with Gasteiger partial charge in [0.2, 0.25) is 0 Å². The predicted octanol–water partition coefficient (Wildman–Crippen LogP) is 7.05. The molecular weight excluding hydrogens is 463 g/mol. The summed E-state index contributed by atoms with van der Waals surface area (Å²) in [6, 6.07) is 22.4. The second kappa shape index (κ2) is 8.43. The number of fused-ring (bicyclic) bond motifs is 1. The maximum absolute atomic E-state index is 13.5. The lowest BCUT2D eigenvalue weighted by atomic mass is 10.1. The highest BCUT2D eigenvalue weighted by molar-refractivity contribution is 7.21. The maximum Gasteiger partial charge on any atom is 0.282 e. The molecule has 7 heteroatoms. The summed E-state index contributed by atoms with van der Waals surface area (Å²) in [6.45, 7) is 0. The van der Waals surface area contributed by atoms with Crippen molar-refractivity contribution in [2.75, 3.05) is 12.0 Å². The summed E-state index contributed by atoms with van der Waals surface area (Å²) in [6.07, 6.45) is 1.75. The lowest BCUT2D eigenvalue weighted by Crippen LogP contribution is -2.32. The SMILES string of the molecule is COc1cccc(/C=C2/N=C(c3sc4ccccc4c3Cl)N(c3ccc(Cl)cc3)C2=O)c1. The number of halogens is 2. The van der Waals surface area contributed by atoms with Gasteiger partial charge >= 0.3 is 0 Å². The van der Waals surface area contributed by atoms with Crippen LogP contribution in [0.2, 0.25) is 10.0 Å². The van der Waals surface area contributed by atoms with Crippen molar-refractivity contribution in [3.63, 3.8) is 0 Å². The Bertz CT molecular complexity index is 1410. The van der Waals surface area contributed by atoms with Crippen molar-refractivity contribution in [1.82, 2.24) is 0 Å². The molecule has 0 radical (unpaired) electrons. The number of aliphatic imine (C=N–C) groups is 1. The number of nitrogens with zero attached hydrogens (tertiary/aromatic N) is 2. The molecule has 158 valence electrons. The minimum absolute atomic E-state index is 0.237. The number of ether oxygens (including phenoxy) is 1. The Labute approximate surface area is 199 Å². The van der Waals surface area contributed by atoms with Crippen LogP contribution in [0.4, 0.5) is 5.69 Å². The summed E-state index contributed by atoms with van der Waals surface area (Å²) >= 11 is 14.3. The van der Waals surface area contributed by atoms with Gasteiger partial charge in [-0.05, 0) is 54.1 Å². The standard InChI is InChI=1S/C25H16Cl2N2O2S/c1-31-18-6-4-5-15(13-18)14-20-25(30)29(17-11-9-16(26)10-12-17)24(28-20)23-22(27)19-7-2-3-8-21(19)32-23/h2-14H,1H3/b20-14+. The third kappa shape index (κ3) is 3.69. The van der Waals surface area contributed by atoms with E-state index in [1.54, 1.807) is 42.4 Å². The second-order valence-electron chi connectivity index (χ2n) is 7.10. The van der Waals surface area contributed by atoms with Gasteiger partial charge in [-0.2, -0.15) is 0 Å². The van der Waals surface area contributed by atoms with Crippen LogP contribution in [0.15, 0.2) is 83.5 Å². The molecule has 1 aliphatic heterocycles. The molecule has 0 saturated carbocycles. The number of rotatable bonds is 4. The van der Waals surface area contributed by atoms with E-state index < -0.39 is 0 Å². The summed E-state index contributed by atoms with van der Waals surface area (Å²) in [4.78, 5) is 20.6. The van der Waals surface area contributed by atoms with E-state index in [0.717, 1.165) is 20.5 Å². The highest BCUT2D eigenvalue weighted by Gasteiger charge is 2.35. The molecule has 4 nitrogen and oxygen atoms in total. The van der Waals surface area contributed by atoms with Crippen LogP contribution >= 0.6 is 34.5 Å². The average molecular weight is 479 g/mol. The molecule has 2 heterocycles. The van der Waals surface area contributed by atoms with Crippen LogP contribution in [-0.2, 0) is 4.79 Å². The first-order chi connectivity index (χ1) is 15.5. The molecule has 0 atom stereocenters. The molecule has 1 amide bonds.